The summed E-state index contributed by atoms with van der Waals surface area (Å²) in [5.74, 6) is 1.58. The molecule has 0 saturated heterocycles. The molecule has 2 rings (SSSR count). The number of thioether (sulfide) groups is 1. The summed E-state index contributed by atoms with van der Waals surface area (Å²) >= 11 is 1.67. The van der Waals surface area contributed by atoms with Crippen molar-refractivity contribution in [3.05, 3.63) is 41.7 Å². The van der Waals surface area contributed by atoms with Crippen molar-refractivity contribution in [2.45, 2.75) is 19.3 Å². The molecule has 4 heteroatoms. The minimum absolute atomic E-state index is 0.380. The van der Waals surface area contributed by atoms with Crippen molar-refractivity contribution in [1.82, 2.24) is 0 Å². The zero-order valence-corrected chi connectivity index (χ0v) is 11.3. The first-order valence-corrected chi connectivity index (χ1v) is 7.20. The lowest BCUT2D eigenvalue weighted by Gasteiger charge is -2.30. The van der Waals surface area contributed by atoms with Gasteiger partial charge in [0.1, 0.15) is 11.9 Å². The summed E-state index contributed by atoms with van der Waals surface area (Å²) in [6.07, 6.45) is 1.92. The summed E-state index contributed by atoms with van der Waals surface area (Å²) in [6.45, 7) is 1.80. The van der Waals surface area contributed by atoms with Crippen molar-refractivity contribution in [3.63, 3.8) is 0 Å². The third kappa shape index (κ3) is 2.76. The second kappa shape index (κ2) is 6.07. The molecule has 2 atom stereocenters. The smallest absolute Gasteiger partial charge is 0.197 e. The SMILES string of the molecule is CSCC1=C(c2ccccc2)C(C=O)OC(C)O1. The van der Waals surface area contributed by atoms with E-state index < -0.39 is 6.10 Å². The molecule has 0 saturated carbocycles. The molecule has 0 fully saturated rings. The van der Waals surface area contributed by atoms with Crippen LogP contribution >= 0.6 is 11.8 Å². The Hall–Kier alpha value is -1.26. The van der Waals surface area contributed by atoms with E-state index in [9.17, 15) is 4.79 Å². The Balaban J connectivity index is 2.46. The Morgan fingerprint density at radius 3 is 2.67 bits per heavy atom. The Morgan fingerprint density at radius 1 is 1.33 bits per heavy atom. The molecule has 1 aromatic carbocycles. The molecular weight excluding hydrogens is 248 g/mol. The summed E-state index contributed by atoms with van der Waals surface area (Å²) in [5.41, 5.74) is 1.82. The van der Waals surface area contributed by atoms with E-state index in [-0.39, 0.29) is 6.29 Å². The molecule has 1 aromatic rings. The van der Waals surface area contributed by atoms with Crippen LogP contribution in [0.5, 0.6) is 0 Å². The number of hydrogen-bond donors (Lipinski definition) is 0. The van der Waals surface area contributed by atoms with Gasteiger partial charge >= 0.3 is 0 Å². The molecule has 1 aliphatic heterocycles. The summed E-state index contributed by atoms with van der Waals surface area (Å²) in [6, 6.07) is 9.77. The predicted molar refractivity (Wildman–Crippen MR) is 73.2 cm³/mol. The van der Waals surface area contributed by atoms with Crippen LogP contribution in [0.2, 0.25) is 0 Å². The van der Waals surface area contributed by atoms with E-state index >= 15 is 0 Å². The molecule has 1 heterocycles. The summed E-state index contributed by atoms with van der Waals surface area (Å²) in [5, 5.41) is 0. The first-order chi connectivity index (χ1) is 8.76. The Kier molecular flexibility index (Phi) is 4.44. The van der Waals surface area contributed by atoms with Gasteiger partial charge in [0.2, 0.25) is 0 Å². The highest BCUT2D eigenvalue weighted by Crippen LogP contribution is 2.31. The summed E-state index contributed by atoms with van der Waals surface area (Å²) in [7, 11) is 0. The van der Waals surface area contributed by atoms with Gasteiger partial charge in [-0.05, 0) is 18.7 Å². The van der Waals surface area contributed by atoms with Crippen LogP contribution in [0.1, 0.15) is 12.5 Å². The van der Waals surface area contributed by atoms with Crippen LogP contribution in [0.4, 0.5) is 0 Å². The number of aldehydes is 1. The van der Waals surface area contributed by atoms with Crippen LogP contribution in [0.25, 0.3) is 5.57 Å². The largest absolute Gasteiger partial charge is 0.468 e. The zero-order chi connectivity index (χ0) is 13.0. The van der Waals surface area contributed by atoms with Gasteiger partial charge in [0.25, 0.3) is 0 Å². The van der Waals surface area contributed by atoms with E-state index in [1.807, 2.05) is 36.6 Å². The van der Waals surface area contributed by atoms with Crippen LogP contribution in [0, 0.1) is 0 Å². The van der Waals surface area contributed by atoms with Crippen molar-refractivity contribution >= 4 is 23.6 Å². The van der Waals surface area contributed by atoms with Gasteiger partial charge in [0, 0.05) is 5.57 Å². The van der Waals surface area contributed by atoms with Gasteiger partial charge in [-0.3, -0.25) is 0 Å². The molecule has 18 heavy (non-hydrogen) atoms. The van der Waals surface area contributed by atoms with E-state index in [1.54, 1.807) is 18.7 Å². The third-order valence-electron chi connectivity index (χ3n) is 2.72. The number of rotatable bonds is 4. The lowest BCUT2D eigenvalue weighted by molar-refractivity contribution is -0.148. The minimum Gasteiger partial charge on any atom is -0.468 e. The predicted octanol–water partition coefficient (Wildman–Crippen LogP) is 2.72. The number of benzene rings is 1. The fourth-order valence-corrected chi connectivity index (χ4v) is 2.50. The maximum absolute atomic E-state index is 11.2. The third-order valence-corrected chi connectivity index (χ3v) is 3.27. The van der Waals surface area contributed by atoms with Gasteiger partial charge < -0.3 is 14.3 Å². The van der Waals surface area contributed by atoms with E-state index in [0.29, 0.717) is 0 Å². The van der Waals surface area contributed by atoms with Crippen molar-refractivity contribution < 1.29 is 14.3 Å². The van der Waals surface area contributed by atoms with E-state index in [0.717, 1.165) is 28.9 Å². The topological polar surface area (TPSA) is 35.5 Å². The number of carbonyl (C=O) groups excluding carboxylic acids is 1. The number of carbonyl (C=O) groups is 1. The lowest BCUT2D eigenvalue weighted by atomic mass is 9.99. The van der Waals surface area contributed by atoms with Crippen LogP contribution in [-0.2, 0) is 14.3 Å². The fourth-order valence-electron chi connectivity index (χ4n) is 2.01. The van der Waals surface area contributed by atoms with Crippen molar-refractivity contribution in [2.75, 3.05) is 12.0 Å². The molecular formula is C14H16O3S. The van der Waals surface area contributed by atoms with Gasteiger partial charge in [-0.25, -0.2) is 0 Å². The highest BCUT2D eigenvalue weighted by atomic mass is 32.2. The first kappa shape index (κ1) is 13.2. The molecule has 1 aliphatic rings. The molecule has 2 unspecified atom stereocenters. The molecule has 3 nitrogen and oxygen atoms in total. The zero-order valence-electron chi connectivity index (χ0n) is 10.5. The summed E-state index contributed by atoms with van der Waals surface area (Å²) in [4.78, 5) is 11.2. The molecule has 0 spiro atoms. The fraction of sp³-hybridized carbons (Fsp3) is 0.357. The first-order valence-electron chi connectivity index (χ1n) is 5.81. The normalized spacial score (nSPS) is 23.7. The van der Waals surface area contributed by atoms with Crippen molar-refractivity contribution in [2.24, 2.45) is 0 Å². The molecule has 0 radical (unpaired) electrons. The number of ether oxygens (including phenoxy) is 2. The molecule has 0 aliphatic carbocycles. The molecule has 0 N–H and O–H groups in total. The van der Waals surface area contributed by atoms with Crippen LogP contribution in [0.3, 0.4) is 0 Å². The molecule has 96 valence electrons. The van der Waals surface area contributed by atoms with Gasteiger partial charge in [-0.2, -0.15) is 11.8 Å². The maximum atomic E-state index is 11.2. The lowest BCUT2D eigenvalue weighted by Crippen LogP contribution is -2.31. The standard InChI is InChI=1S/C14H16O3S/c1-10-16-12(8-15)14(13(17-10)9-18-2)11-6-4-3-5-7-11/h3-8,10,12H,9H2,1-2H3. The second-order valence-electron chi connectivity index (χ2n) is 4.01. The van der Waals surface area contributed by atoms with E-state index in [4.69, 9.17) is 9.47 Å². The molecule has 0 aromatic heterocycles. The van der Waals surface area contributed by atoms with Crippen molar-refractivity contribution in [1.29, 1.82) is 0 Å². The number of hydrogen-bond acceptors (Lipinski definition) is 4. The van der Waals surface area contributed by atoms with Crippen LogP contribution in [0.15, 0.2) is 36.1 Å². The Bertz CT molecular complexity index is 442. The summed E-state index contributed by atoms with van der Waals surface area (Å²) < 4.78 is 11.2. The maximum Gasteiger partial charge on any atom is 0.197 e. The highest BCUT2D eigenvalue weighted by molar-refractivity contribution is 7.98. The second-order valence-corrected chi connectivity index (χ2v) is 4.88. The minimum atomic E-state index is -0.543. The van der Waals surface area contributed by atoms with Gasteiger partial charge in [-0.15, -0.1) is 0 Å². The molecule has 0 amide bonds. The Labute approximate surface area is 111 Å². The van der Waals surface area contributed by atoms with Gasteiger partial charge in [-0.1, -0.05) is 30.3 Å². The average molecular weight is 264 g/mol. The van der Waals surface area contributed by atoms with E-state index in [2.05, 4.69) is 0 Å². The van der Waals surface area contributed by atoms with E-state index in [1.165, 1.54) is 0 Å². The van der Waals surface area contributed by atoms with Crippen LogP contribution < -0.4 is 0 Å². The highest BCUT2D eigenvalue weighted by Gasteiger charge is 2.29. The van der Waals surface area contributed by atoms with Gasteiger partial charge in [0.05, 0.1) is 5.75 Å². The van der Waals surface area contributed by atoms with Crippen molar-refractivity contribution in [3.8, 4) is 0 Å². The Morgan fingerprint density at radius 2 is 2.06 bits per heavy atom. The average Bonchev–Trinajstić information content (AvgIpc) is 2.39. The molecule has 0 bridgehead atoms. The quantitative estimate of drug-likeness (QED) is 0.783. The van der Waals surface area contributed by atoms with Crippen LogP contribution in [-0.4, -0.2) is 30.7 Å². The van der Waals surface area contributed by atoms with Gasteiger partial charge in [0.15, 0.2) is 12.6 Å². The monoisotopic (exact) mass is 264 g/mol.